The van der Waals surface area contributed by atoms with E-state index in [0.717, 1.165) is 0 Å². The summed E-state index contributed by atoms with van der Waals surface area (Å²) >= 11 is 0. The molecule has 15 nitrogen and oxygen atoms in total. The Labute approximate surface area is 156 Å². The van der Waals surface area contributed by atoms with Gasteiger partial charge in [-0.1, -0.05) is 0 Å². The molecular weight excluding hydrogens is 382 g/mol. The van der Waals surface area contributed by atoms with Gasteiger partial charge in [-0.2, -0.15) is 0 Å². The second-order valence-electron chi connectivity index (χ2n) is 1.69. The van der Waals surface area contributed by atoms with Gasteiger partial charge in [-0.3, -0.25) is 0 Å². The minimum absolute atomic E-state index is 0. The monoisotopic (exact) mass is 396 g/mol. The Kier molecular flexibility index (Phi) is 59.7. The van der Waals surface area contributed by atoms with Crippen LogP contribution in [0.25, 0.3) is 0 Å². The van der Waals surface area contributed by atoms with Crippen LogP contribution in [0.15, 0.2) is 0 Å². The molecular formula is H13B5O15Sr. The fourth-order valence-electron chi connectivity index (χ4n) is 0. The van der Waals surface area contributed by atoms with Crippen LogP contribution in [0, 0.1) is 0 Å². The van der Waals surface area contributed by atoms with Gasteiger partial charge in [0, 0.05) is 0 Å². The molecule has 0 unspecified atom stereocenters. The largest absolute Gasteiger partial charge is 2.00 e. The van der Waals surface area contributed by atoms with E-state index in [9.17, 15) is 0 Å². The van der Waals surface area contributed by atoms with Crippen molar-refractivity contribution in [1.82, 2.24) is 0 Å². The molecule has 0 bridgehead atoms. The summed E-state index contributed by atoms with van der Waals surface area (Å²) in [7, 11) is -11.3. The molecule has 0 spiro atoms. The summed E-state index contributed by atoms with van der Waals surface area (Å²) in [4.78, 5) is 0. The first kappa shape index (κ1) is 38.0. The molecule has 0 aliphatic heterocycles. The molecule has 0 saturated carbocycles. The van der Waals surface area contributed by atoms with Crippen molar-refractivity contribution < 1.29 is 75.4 Å². The maximum atomic E-state index is 8.53. The van der Waals surface area contributed by atoms with Crippen molar-refractivity contribution in [3.05, 3.63) is 0 Å². The third-order valence-corrected chi connectivity index (χ3v) is 0. The summed E-state index contributed by atoms with van der Waals surface area (Å²) in [5.41, 5.74) is 0. The average molecular weight is 395 g/mol. The van der Waals surface area contributed by atoms with Gasteiger partial charge in [0.1, 0.15) is 0 Å². The van der Waals surface area contributed by atoms with Crippen molar-refractivity contribution in [2.75, 3.05) is 0 Å². The Bertz CT molecular complexity index is 80.6. The van der Waals surface area contributed by atoms with E-state index in [2.05, 4.69) is 0 Å². The maximum absolute atomic E-state index is 8.53. The van der Waals surface area contributed by atoms with E-state index in [-0.39, 0.29) is 45.5 Å². The molecule has 0 saturated heterocycles. The first-order chi connectivity index (χ1) is 8.66. The van der Waals surface area contributed by atoms with E-state index in [1.165, 1.54) is 0 Å². The summed E-state index contributed by atoms with van der Waals surface area (Å²) < 4.78 is 0. The van der Waals surface area contributed by atoms with Crippen LogP contribution in [0.2, 0.25) is 0 Å². The number of hydrogen-bond donors (Lipinski definition) is 13. The Morgan fingerprint density at radius 2 is 0.381 bits per heavy atom. The fourth-order valence-corrected chi connectivity index (χ4v) is 0. The van der Waals surface area contributed by atoms with Crippen molar-refractivity contribution in [2.45, 2.75) is 0 Å². The van der Waals surface area contributed by atoms with Crippen LogP contribution in [0.1, 0.15) is 0 Å². The zero-order chi connectivity index (χ0) is 17.9. The average Bonchev–Trinajstić information content (AvgIpc) is 1.94. The first-order valence-electron chi connectivity index (χ1n) is 3.83. The van der Waals surface area contributed by atoms with Gasteiger partial charge in [0.15, 0.2) is 0 Å². The molecule has 0 heterocycles. The number of hydrogen-bond acceptors (Lipinski definition) is 15. The van der Waals surface area contributed by atoms with Crippen LogP contribution in [-0.4, -0.2) is 147 Å². The van der Waals surface area contributed by atoms with Crippen LogP contribution in [0.5, 0.6) is 0 Å². The van der Waals surface area contributed by atoms with Gasteiger partial charge in [-0.25, -0.2) is 0 Å². The van der Waals surface area contributed by atoms with Gasteiger partial charge >= 0.3 is 74.8 Å². The summed E-state index contributed by atoms with van der Waals surface area (Å²) in [6, 6.07) is 0. The van der Waals surface area contributed by atoms with E-state index >= 15 is 0 Å². The Balaban J connectivity index is -0.0000000331. The molecule has 21 heteroatoms. The van der Waals surface area contributed by atoms with E-state index in [1.54, 1.807) is 0 Å². The Hall–Kier alpha value is 1.21. The fraction of sp³-hybridized carbons (Fsp3) is 0. The van der Waals surface area contributed by atoms with Crippen LogP contribution in [0.4, 0.5) is 0 Å². The van der Waals surface area contributed by atoms with Gasteiger partial charge in [-0.15, -0.1) is 0 Å². The van der Waals surface area contributed by atoms with Crippen molar-refractivity contribution >= 4 is 82.1 Å². The van der Waals surface area contributed by atoms with E-state index in [0.29, 0.717) is 0 Å². The maximum Gasteiger partial charge on any atom is 2.00 e. The SMILES string of the molecule is OB(O)O.OB(O)O.OB(O)O.OB(O)O.[O-]B([O-])O.[Sr+2]. The molecule has 0 aromatic heterocycles. The molecule has 0 aromatic carbocycles. The molecule has 0 aliphatic rings. The Morgan fingerprint density at radius 3 is 0.381 bits per heavy atom. The summed E-state index contributed by atoms with van der Waals surface area (Å²) in [5, 5.41) is 110. The van der Waals surface area contributed by atoms with Gasteiger partial charge in [-0.05, 0) is 0 Å². The molecule has 0 aromatic rings. The third-order valence-electron chi connectivity index (χ3n) is 0. The van der Waals surface area contributed by atoms with Crippen LogP contribution in [-0.2, 0) is 0 Å². The molecule has 21 heavy (non-hydrogen) atoms. The van der Waals surface area contributed by atoms with Crippen molar-refractivity contribution in [3.8, 4) is 0 Å². The minimum Gasteiger partial charge on any atom is -0.871 e. The second-order valence-corrected chi connectivity index (χ2v) is 1.69. The second kappa shape index (κ2) is 33.0. The minimum atomic E-state index is -2.67. The van der Waals surface area contributed by atoms with Gasteiger partial charge in [0.05, 0.1) is 7.32 Å². The summed E-state index contributed by atoms with van der Waals surface area (Å²) in [6.45, 7) is 0. The summed E-state index contributed by atoms with van der Waals surface area (Å²) in [6.07, 6.45) is 0. The van der Waals surface area contributed by atoms with E-state index in [1.807, 2.05) is 0 Å². The van der Waals surface area contributed by atoms with E-state index < -0.39 is 36.6 Å². The molecule has 13 N–H and O–H groups in total. The molecule has 0 aliphatic carbocycles. The zero-order valence-corrected chi connectivity index (χ0v) is 13.7. The molecule has 120 valence electrons. The van der Waals surface area contributed by atoms with Gasteiger partial charge in [0.2, 0.25) is 0 Å². The molecule has 0 radical (unpaired) electrons. The van der Waals surface area contributed by atoms with E-state index in [4.69, 9.17) is 75.4 Å². The number of rotatable bonds is 0. The first-order valence-corrected chi connectivity index (χ1v) is 3.83. The summed E-state index contributed by atoms with van der Waals surface area (Å²) in [5.74, 6) is 0. The predicted molar refractivity (Wildman–Crippen MR) is 63.4 cm³/mol. The standard InChI is InChI=1S/4BH3O3.BHO3.Sr/c5*2-1(3)4;/h4*2-4H;2H;/q;;;;-2;+2. The molecule has 0 amide bonds. The Morgan fingerprint density at radius 1 is 0.381 bits per heavy atom. The predicted octanol–water partition coefficient (Wildman–Crippen LogP) is -11.9. The topological polar surface area (TPSA) is 309 Å². The molecule has 0 rings (SSSR count). The van der Waals surface area contributed by atoms with Crippen molar-refractivity contribution in [2.24, 2.45) is 0 Å². The smallest absolute Gasteiger partial charge is 0.871 e. The van der Waals surface area contributed by atoms with Gasteiger partial charge in [0.25, 0.3) is 0 Å². The molecule has 0 fully saturated rings. The van der Waals surface area contributed by atoms with Crippen LogP contribution >= 0.6 is 0 Å². The molecule has 0 atom stereocenters. The van der Waals surface area contributed by atoms with Crippen LogP contribution in [0.3, 0.4) is 0 Å². The zero-order valence-electron chi connectivity index (χ0n) is 10.2. The van der Waals surface area contributed by atoms with Crippen molar-refractivity contribution in [1.29, 1.82) is 0 Å². The van der Waals surface area contributed by atoms with Crippen LogP contribution < -0.4 is 10.0 Å². The van der Waals surface area contributed by atoms with Gasteiger partial charge < -0.3 is 75.4 Å². The normalized spacial score (nSPS) is 6.43. The quantitative estimate of drug-likeness (QED) is 0.169. The van der Waals surface area contributed by atoms with Crippen molar-refractivity contribution in [3.63, 3.8) is 0 Å². The third kappa shape index (κ3) is 5380.